The van der Waals surface area contributed by atoms with Gasteiger partial charge in [0, 0.05) is 60.5 Å². The standard InChI is InChI=1S/C62H40N6/c1-4-18-41(19-5-1)61-63-64-62(42-20-6-2-7-21-42)68(61)48-34-35-51-49-28-10-13-31-54(49)66(58(51)40-48)47-27-17-23-44(39-47)43-22-16-26-46(38-43)65-56-33-15-12-30-53(56)59-57(65)37-36-52-50-29-11-14-32-55(50)67(60(52)59)45-24-8-3-9-25-45/h1-40H. The Bertz CT molecular complexity index is 4190. The third-order valence-electron chi connectivity index (χ3n) is 13.7. The quantitative estimate of drug-likeness (QED) is 0.160. The first kappa shape index (κ1) is 38.1. The molecule has 0 unspecified atom stereocenters. The summed E-state index contributed by atoms with van der Waals surface area (Å²) in [6, 6.07) is 87.1. The molecule has 318 valence electrons. The highest BCUT2D eigenvalue weighted by atomic mass is 15.3. The van der Waals surface area contributed by atoms with Crippen molar-refractivity contribution in [3.8, 4) is 56.7 Å². The number of hydrogen-bond acceptors (Lipinski definition) is 2. The number of benzene rings is 10. The first-order chi connectivity index (χ1) is 33.8. The van der Waals surface area contributed by atoms with Crippen LogP contribution in [0.2, 0.25) is 0 Å². The van der Waals surface area contributed by atoms with E-state index in [-0.39, 0.29) is 0 Å². The molecule has 4 heterocycles. The molecule has 0 saturated carbocycles. The minimum Gasteiger partial charge on any atom is -0.309 e. The maximum atomic E-state index is 4.79. The van der Waals surface area contributed by atoms with E-state index in [4.69, 9.17) is 10.2 Å². The molecule has 0 aliphatic carbocycles. The van der Waals surface area contributed by atoms with Crippen LogP contribution in [0.25, 0.3) is 122 Å². The van der Waals surface area contributed by atoms with Crippen molar-refractivity contribution in [2.75, 3.05) is 0 Å². The molecule has 0 spiro atoms. The van der Waals surface area contributed by atoms with Crippen LogP contribution in [0, 0.1) is 0 Å². The second-order valence-electron chi connectivity index (χ2n) is 17.5. The van der Waals surface area contributed by atoms with Gasteiger partial charge in [0.15, 0.2) is 11.6 Å². The van der Waals surface area contributed by atoms with Gasteiger partial charge < -0.3 is 13.7 Å². The van der Waals surface area contributed by atoms with Crippen LogP contribution in [-0.2, 0) is 0 Å². The SMILES string of the molecule is c1ccc(-c2nnc(-c3ccccc3)n2-c2ccc3c4ccccc4n(-c4cccc(-c5cccc(-n6c7ccccc7c7c6ccc6c8ccccc8n(-c8ccccc8)c67)c5)c4)c3c2)cc1. The first-order valence-corrected chi connectivity index (χ1v) is 23.1. The Hall–Kier alpha value is -9.26. The van der Waals surface area contributed by atoms with Gasteiger partial charge in [-0.05, 0) is 83.9 Å². The van der Waals surface area contributed by atoms with Crippen molar-refractivity contribution in [1.82, 2.24) is 28.5 Å². The van der Waals surface area contributed by atoms with Crippen molar-refractivity contribution in [1.29, 1.82) is 0 Å². The third kappa shape index (κ3) is 5.77. The predicted octanol–water partition coefficient (Wildman–Crippen LogP) is 15.6. The Labute approximate surface area is 391 Å². The highest BCUT2D eigenvalue weighted by Gasteiger charge is 2.23. The molecular formula is C62H40N6. The zero-order valence-corrected chi connectivity index (χ0v) is 36.8. The summed E-state index contributed by atoms with van der Waals surface area (Å²) in [7, 11) is 0. The van der Waals surface area contributed by atoms with Gasteiger partial charge in [-0.3, -0.25) is 4.57 Å². The van der Waals surface area contributed by atoms with E-state index in [1.165, 1.54) is 54.4 Å². The van der Waals surface area contributed by atoms with Gasteiger partial charge in [-0.15, -0.1) is 10.2 Å². The molecule has 0 aliphatic heterocycles. The highest BCUT2D eigenvalue weighted by molar-refractivity contribution is 6.26. The van der Waals surface area contributed by atoms with E-state index >= 15 is 0 Å². The summed E-state index contributed by atoms with van der Waals surface area (Å²) < 4.78 is 9.48. The topological polar surface area (TPSA) is 45.5 Å². The Balaban J connectivity index is 0.940. The third-order valence-corrected chi connectivity index (χ3v) is 13.7. The summed E-state index contributed by atoms with van der Waals surface area (Å²) in [5, 5.41) is 16.9. The van der Waals surface area contributed by atoms with E-state index in [9.17, 15) is 0 Å². The predicted molar refractivity (Wildman–Crippen MR) is 281 cm³/mol. The van der Waals surface area contributed by atoms with Gasteiger partial charge in [0.1, 0.15) is 0 Å². The zero-order valence-electron chi connectivity index (χ0n) is 36.8. The lowest BCUT2D eigenvalue weighted by Crippen LogP contribution is -2.01. The van der Waals surface area contributed by atoms with Gasteiger partial charge in [0.25, 0.3) is 0 Å². The molecular weight excluding hydrogens is 829 g/mol. The fourth-order valence-electron chi connectivity index (χ4n) is 10.7. The number of hydrogen-bond donors (Lipinski definition) is 0. The van der Waals surface area contributed by atoms with Crippen molar-refractivity contribution in [2.45, 2.75) is 0 Å². The average molecular weight is 869 g/mol. The minimum atomic E-state index is 0.791. The molecule has 0 atom stereocenters. The van der Waals surface area contributed by atoms with Crippen LogP contribution in [-0.4, -0.2) is 28.5 Å². The summed E-state index contributed by atoms with van der Waals surface area (Å²) in [6.45, 7) is 0. The molecule has 68 heavy (non-hydrogen) atoms. The maximum absolute atomic E-state index is 4.79. The van der Waals surface area contributed by atoms with Crippen molar-refractivity contribution < 1.29 is 0 Å². The van der Waals surface area contributed by atoms with Crippen LogP contribution in [0.15, 0.2) is 243 Å². The Morgan fingerprint density at radius 1 is 0.235 bits per heavy atom. The van der Waals surface area contributed by atoms with Crippen molar-refractivity contribution >= 4 is 65.4 Å². The van der Waals surface area contributed by atoms with E-state index in [0.29, 0.717) is 0 Å². The van der Waals surface area contributed by atoms with Crippen molar-refractivity contribution in [3.05, 3.63) is 243 Å². The summed E-state index contributed by atoms with van der Waals surface area (Å²) in [4.78, 5) is 0. The fourth-order valence-corrected chi connectivity index (χ4v) is 10.7. The van der Waals surface area contributed by atoms with Crippen LogP contribution >= 0.6 is 0 Å². The largest absolute Gasteiger partial charge is 0.309 e. The Kier molecular flexibility index (Phi) is 8.48. The lowest BCUT2D eigenvalue weighted by atomic mass is 10.0. The molecule has 0 radical (unpaired) electrons. The molecule has 6 nitrogen and oxygen atoms in total. The summed E-state index contributed by atoms with van der Waals surface area (Å²) in [6.07, 6.45) is 0. The summed E-state index contributed by atoms with van der Waals surface area (Å²) in [5.41, 5.74) is 15.6. The fraction of sp³-hybridized carbons (Fsp3) is 0. The highest BCUT2D eigenvalue weighted by Crippen LogP contribution is 2.43. The number of nitrogens with zero attached hydrogens (tertiary/aromatic N) is 6. The molecule has 0 saturated heterocycles. The van der Waals surface area contributed by atoms with Crippen LogP contribution < -0.4 is 0 Å². The van der Waals surface area contributed by atoms with Gasteiger partial charge in [0.2, 0.25) is 0 Å². The van der Waals surface area contributed by atoms with Crippen LogP contribution in [0.5, 0.6) is 0 Å². The second-order valence-corrected chi connectivity index (χ2v) is 17.5. The Morgan fingerprint density at radius 2 is 0.662 bits per heavy atom. The molecule has 4 aromatic heterocycles. The zero-order chi connectivity index (χ0) is 44.7. The number of aromatic nitrogens is 6. The lowest BCUT2D eigenvalue weighted by molar-refractivity contribution is 1.07. The van der Waals surface area contributed by atoms with Gasteiger partial charge in [-0.25, -0.2) is 0 Å². The molecule has 0 aliphatic rings. The molecule has 0 bridgehead atoms. The normalized spacial score (nSPS) is 11.8. The number of fused-ring (bicyclic) bond motifs is 10. The van der Waals surface area contributed by atoms with E-state index in [1.54, 1.807) is 0 Å². The van der Waals surface area contributed by atoms with Gasteiger partial charge in [-0.2, -0.15) is 0 Å². The lowest BCUT2D eigenvalue weighted by Gasteiger charge is -2.14. The summed E-state index contributed by atoms with van der Waals surface area (Å²) >= 11 is 0. The molecule has 0 fully saturated rings. The van der Waals surface area contributed by atoms with Crippen molar-refractivity contribution in [2.24, 2.45) is 0 Å². The summed E-state index contributed by atoms with van der Waals surface area (Å²) in [5.74, 6) is 1.58. The molecule has 0 N–H and O–H groups in total. The smallest absolute Gasteiger partial charge is 0.168 e. The van der Waals surface area contributed by atoms with E-state index in [0.717, 1.165) is 67.7 Å². The van der Waals surface area contributed by atoms with E-state index < -0.39 is 0 Å². The first-order valence-electron chi connectivity index (χ1n) is 23.1. The average Bonchev–Trinajstić information content (AvgIpc) is 4.18. The van der Waals surface area contributed by atoms with Gasteiger partial charge >= 0.3 is 0 Å². The molecule has 14 rings (SSSR count). The van der Waals surface area contributed by atoms with Crippen LogP contribution in [0.3, 0.4) is 0 Å². The van der Waals surface area contributed by atoms with E-state index in [2.05, 4.69) is 225 Å². The Morgan fingerprint density at radius 3 is 1.28 bits per heavy atom. The van der Waals surface area contributed by atoms with Gasteiger partial charge in [0.05, 0.1) is 38.8 Å². The van der Waals surface area contributed by atoms with Crippen LogP contribution in [0.1, 0.15) is 0 Å². The van der Waals surface area contributed by atoms with Crippen molar-refractivity contribution in [3.63, 3.8) is 0 Å². The van der Waals surface area contributed by atoms with E-state index in [1.807, 2.05) is 36.4 Å². The molecule has 10 aromatic carbocycles. The minimum absolute atomic E-state index is 0.791. The van der Waals surface area contributed by atoms with Crippen LogP contribution in [0.4, 0.5) is 0 Å². The van der Waals surface area contributed by atoms with Gasteiger partial charge in [-0.1, -0.05) is 170 Å². The number of para-hydroxylation sites is 4. The molecule has 0 amide bonds. The molecule has 6 heteroatoms. The molecule has 14 aromatic rings. The monoisotopic (exact) mass is 868 g/mol. The second kappa shape index (κ2) is 15.2. The maximum Gasteiger partial charge on any atom is 0.168 e. The number of rotatable bonds is 7.